The number of fused-ring (bicyclic) bond motifs is 3. The monoisotopic (exact) mass is 274 g/mol. The summed E-state index contributed by atoms with van der Waals surface area (Å²) in [5.74, 6) is 1.36. The predicted octanol–water partition coefficient (Wildman–Crippen LogP) is 3.62. The number of aromatic nitrogens is 1. The van der Waals surface area contributed by atoms with Gasteiger partial charge in [0.25, 0.3) is 0 Å². The first-order valence-electron chi connectivity index (χ1n) is 6.47. The number of hydrogen-bond acceptors (Lipinski definition) is 4. The first kappa shape index (κ1) is 12.5. The van der Waals surface area contributed by atoms with Crippen LogP contribution < -0.4 is 10.5 Å². The largest absolute Gasteiger partial charge is 0.492 e. The lowest BCUT2D eigenvalue weighted by Gasteiger charge is -2.15. The molecule has 0 bridgehead atoms. The molecule has 100 valence electrons. The summed E-state index contributed by atoms with van der Waals surface area (Å²) in [6.45, 7) is 7.44. The molecule has 1 aliphatic rings. The van der Waals surface area contributed by atoms with E-state index < -0.39 is 0 Å². The van der Waals surface area contributed by atoms with Gasteiger partial charge in [-0.3, -0.25) is 0 Å². The highest BCUT2D eigenvalue weighted by Gasteiger charge is 2.24. The number of ether oxygens (including phenoxy) is 1. The Morgan fingerprint density at radius 2 is 2.11 bits per heavy atom. The fourth-order valence-electron chi connectivity index (χ4n) is 2.22. The third kappa shape index (κ3) is 2.21. The van der Waals surface area contributed by atoms with Crippen molar-refractivity contribution in [2.75, 3.05) is 12.3 Å². The maximum absolute atomic E-state index is 5.78. The minimum atomic E-state index is 0.180. The Labute approximate surface area is 117 Å². The summed E-state index contributed by atoms with van der Waals surface area (Å²) >= 11 is 1.84. The molecule has 2 aromatic heterocycles. The van der Waals surface area contributed by atoms with Gasteiger partial charge in [-0.25, -0.2) is 4.98 Å². The van der Waals surface area contributed by atoms with Crippen molar-refractivity contribution < 1.29 is 4.74 Å². The average molecular weight is 274 g/mol. The second-order valence-electron chi connectivity index (χ2n) is 5.92. The third-order valence-corrected chi connectivity index (χ3v) is 4.95. The summed E-state index contributed by atoms with van der Waals surface area (Å²) in [6, 6.07) is 4.13. The fourth-order valence-corrected chi connectivity index (χ4v) is 3.51. The Morgan fingerprint density at radius 1 is 1.32 bits per heavy atom. The molecule has 1 aliphatic heterocycles. The molecule has 0 amide bonds. The van der Waals surface area contributed by atoms with E-state index in [-0.39, 0.29) is 5.41 Å². The van der Waals surface area contributed by atoms with Crippen LogP contribution in [0.2, 0.25) is 0 Å². The van der Waals surface area contributed by atoms with Crippen molar-refractivity contribution in [3.8, 4) is 16.2 Å². The van der Waals surface area contributed by atoms with E-state index in [4.69, 9.17) is 10.5 Å². The van der Waals surface area contributed by atoms with Gasteiger partial charge in [-0.15, -0.1) is 11.3 Å². The molecule has 0 saturated heterocycles. The van der Waals surface area contributed by atoms with Gasteiger partial charge in [0.05, 0.1) is 12.2 Å². The van der Waals surface area contributed by atoms with Crippen molar-refractivity contribution >= 4 is 17.2 Å². The molecule has 0 saturated carbocycles. The highest BCUT2D eigenvalue weighted by molar-refractivity contribution is 7.16. The summed E-state index contributed by atoms with van der Waals surface area (Å²) < 4.78 is 5.78. The molecule has 0 fully saturated rings. The maximum atomic E-state index is 5.78. The molecule has 2 N–H and O–H groups in total. The number of nitrogens with zero attached hydrogens (tertiary/aromatic N) is 1. The Morgan fingerprint density at radius 3 is 2.84 bits per heavy atom. The summed E-state index contributed by atoms with van der Waals surface area (Å²) in [6.07, 6.45) is 2.77. The third-order valence-electron chi connectivity index (χ3n) is 3.31. The van der Waals surface area contributed by atoms with Crippen LogP contribution in [-0.4, -0.2) is 11.6 Å². The zero-order chi connectivity index (χ0) is 13.6. The average Bonchev–Trinajstić information content (AvgIpc) is 2.67. The van der Waals surface area contributed by atoms with Crippen molar-refractivity contribution in [3.05, 3.63) is 28.8 Å². The molecular weight excluding hydrogens is 256 g/mol. The van der Waals surface area contributed by atoms with Crippen LogP contribution in [0.25, 0.3) is 10.4 Å². The Hall–Kier alpha value is -1.55. The van der Waals surface area contributed by atoms with E-state index in [0.29, 0.717) is 12.4 Å². The fraction of sp³-hybridized carbons (Fsp3) is 0.400. The molecule has 3 heterocycles. The number of pyridine rings is 1. The number of anilines is 1. The van der Waals surface area contributed by atoms with Gasteiger partial charge in [-0.2, -0.15) is 0 Å². The molecule has 4 heteroatoms. The molecule has 0 radical (unpaired) electrons. The molecule has 19 heavy (non-hydrogen) atoms. The minimum Gasteiger partial charge on any atom is -0.492 e. The molecule has 3 rings (SSSR count). The highest BCUT2D eigenvalue weighted by atomic mass is 32.1. The van der Waals surface area contributed by atoms with Gasteiger partial charge in [-0.1, -0.05) is 20.8 Å². The van der Waals surface area contributed by atoms with Crippen LogP contribution in [0.1, 0.15) is 31.2 Å². The van der Waals surface area contributed by atoms with E-state index in [1.54, 1.807) is 0 Å². The topological polar surface area (TPSA) is 48.1 Å². The lowest BCUT2D eigenvalue weighted by Crippen LogP contribution is -2.08. The Kier molecular flexibility index (Phi) is 2.78. The highest BCUT2D eigenvalue weighted by Crippen LogP contribution is 2.43. The maximum Gasteiger partial charge on any atom is 0.133 e. The van der Waals surface area contributed by atoms with E-state index in [2.05, 4.69) is 31.8 Å². The van der Waals surface area contributed by atoms with E-state index in [0.717, 1.165) is 17.7 Å². The molecule has 3 nitrogen and oxygen atoms in total. The zero-order valence-corrected chi connectivity index (χ0v) is 12.3. The first-order valence-corrected chi connectivity index (χ1v) is 7.28. The normalized spacial score (nSPS) is 14.3. The van der Waals surface area contributed by atoms with Gasteiger partial charge in [0.2, 0.25) is 0 Å². The summed E-state index contributed by atoms with van der Waals surface area (Å²) in [7, 11) is 0. The summed E-state index contributed by atoms with van der Waals surface area (Å²) in [4.78, 5) is 6.90. The Balaban J connectivity index is 2.18. The summed E-state index contributed by atoms with van der Waals surface area (Å²) in [5.41, 5.74) is 8.35. The minimum absolute atomic E-state index is 0.180. The van der Waals surface area contributed by atoms with Crippen molar-refractivity contribution in [1.29, 1.82) is 0 Å². The number of hydrogen-bond donors (Lipinski definition) is 1. The quantitative estimate of drug-likeness (QED) is 0.798. The van der Waals surface area contributed by atoms with E-state index in [1.165, 1.54) is 15.3 Å². The molecule has 0 aliphatic carbocycles. The lowest BCUT2D eigenvalue weighted by molar-refractivity contribution is 0.326. The molecule has 0 atom stereocenters. The molecule has 2 aromatic rings. The van der Waals surface area contributed by atoms with Crippen LogP contribution in [0.3, 0.4) is 0 Å². The van der Waals surface area contributed by atoms with Crippen molar-refractivity contribution in [3.63, 3.8) is 0 Å². The van der Waals surface area contributed by atoms with Crippen LogP contribution >= 0.6 is 11.3 Å². The zero-order valence-electron chi connectivity index (χ0n) is 11.5. The Bertz CT molecular complexity index is 626. The van der Waals surface area contributed by atoms with Crippen molar-refractivity contribution in [2.24, 2.45) is 0 Å². The second-order valence-corrected chi connectivity index (χ2v) is 6.97. The first-order chi connectivity index (χ1) is 8.95. The summed E-state index contributed by atoms with van der Waals surface area (Å²) in [5, 5.41) is 0. The standard InChI is InChI=1S/C15H18N2OS/c1-15(2,3)12-6-9-4-5-18-11-7-13(16)17-8-10(11)14(9)19-12/h6-8H,4-5H2,1-3H3,(H2,16,17). The van der Waals surface area contributed by atoms with Gasteiger partial charge in [0, 0.05) is 28.4 Å². The van der Waals surface area contributed by atoms with Gasteiger partial charge in [0.15, 0.2) is 0 Å². The van der Waals surface area contributed by atoms with Gasteiger partial charge >= 0.3 is 0 Å². The van der Waals surface area contributed by atoms with Gasteiger partial charge < -0.3 is 10.5 Å². The van der Waals surface area contributed by atoms with Crippen LogP contribution in [0, 0.1) is 0 Å². The molecule has 0 unspecified atom stereocenters. The van der Waals surface area contributed by atoms with E-state index in [9.17, 15) is 0 Å². The van der Waals surface area contributed by atoms with Crippen molar-refractivity contribution in [2.45, 2.75) is 32.6 Å². The van der Waals surface area contributed by atoms with Crippen LogP contribution in [0.15, 0.2) is 18.3 Å². The number of nitrogens with two attached hydrogens (primary N) is 1. The van der Waals surface area contributed by atoms with E-state index >= 15 is 0 Å². The molecule has 0 spiro atoms. The number of thiophene rings is 1. The lowest BCUT2D eigenvalue weighted by atomic mass is 9.93. The van der Waals surface area contributed by atoms with E-state index in [1.807, 2.05) is 23.6 Å². The SMILES string of the molecule is CC(C)(C)c1cc2c(s1)-c1cnc(N)cc1OCC2. The molecular formula is C15H18N2OS. The number of rotatable bonds is 0. The van der Waals surface area contributed by atoms with Crippen LogP contribution in [0.4, 0.5) is 5.82 Å². The van der Waals surface area contributed by atoms with Crippen molar-refractivity contribution in [1.82, 2.24) is 4.98 Å². The van der Waals surface area contributed by atoms with Gasteiger partial charge in [-0.05, 0) is 17.0 Å². The smallest absolute Gasteiger partial charge is 0.133 e. The molecule has 0 aromatic carbocycles. The van der Waals surface area contributed by atoms with Crippen LogP contribution in [0.5, 0.6) is 5.75 Å². The number of nitrogen functional groups attached to an aromatic ring is 1. The predicted molar refractivity (Wildman–Crippen MR) is 79.9 cm³/mol. The van der Waals surface area contributed by atoms with Gasteiger partial charge in [0.1, 0.15) is 11.6 Å². The van der Waals surface area contributed by atoms with Crippen LogP contribution in [-0.2, 0) is 11.8 Å². The second kappa shape index (κ2) is 4.23.